The quantitative estimate of drug-likeness (QED) is 0.242. The summed E-state index contributed by atoms with van der Waals surface area (Å²) in [5, 5.41) is 19.4. The maximum atomic E-state index is 9.94. The molecule has 0 unspecified atom stereocenters. The number of hydrogen-bond donors (Lipinski definition) is 1. The van der Waals surface area contributed by atoms with Crippen molar-refractivity contribution in [2.45, 2.75) is 13.2 Å². The minimum Gasteiger partial charge on any atom is -0.395 e. The monoisotopic (exact) mass is 488 g/mol. The van der Waals surface area contributed by atoms with E-state index >= 15 is 0 Å². The van der Waals surface area contributed by atoms with E-state index in [2.05, 4.69) is 39.1 Å². The first-order chi connectivity index (χ1) is 18.3. The van der Waals surface area contributed by atoms with Crippen LogP contribution in [0.2, 0.25) is 0 Å². The molecule has 0 aliphatic heterocycles. The van der Waals surface area contributed by atoms with Gasteiger partial charge < -0.3 is 14.5 Å². The summed E-state index contributed by atoms with van der Waals surface area (Å²) in [5.74, 6) is 0.495. The SMILES string of the molecule is OCCn1c(-c2ccccc2)c(-c2ccccc2)c2c1ncn1nc(CON=Cc3ccccc3)nc21. The van der Waals surface area contributed by atoms with Gasteiger partial charge in [0.05, 0.1) is 23.9 Å². The third-order valence-corrected chi connectivity index (χ3v) is 6.13. The fourth-order valence-corrected chi connectivity index (χ4v) is 4.57. The molecule has 0 amide bonds. The number of nitrogens with zero attached hydrogens (tertiary/aromatic N) is 6. The lowest BCUT2D eigenvalue weighted by Gasteiger charge is -2.11. The molecular weight excluding hydrogens is 464 g/mol. The lowest BCUT2D eigenvalue weighted by Crippen LogP contribution is -2.05. The highest BCUT2D eigenvalue weighted by Gasteiger charge is 2.24. The standard InChI is InChI=1S/C29H24N6O2/c36-17-16-34-27(23-14-8-3-9-15-23)25(22-12-6-2-7-13-22)26-28(34)30-20-35-29(26)32-24(33-35)19-37-31-18-21-10-4-1-5-11-21/h1-15,18,20,36H,16-17,19H2. The number of hydrogen-bond acceptors (Lipinski definition) is 6. The summed E-state index contributed by atoms with van der Waals surface area (Å²) in [6.07, 6.45) is 3.31. The Morgan fingerprint density at radius 1 is 0.838 bits per heavy atom. The third-order valence-electron chi connectivity index (χ3n) is 6.13. The zero-order valence-electron chi connectivity index (χ0n) is 20.0. The van der Waals surface area contributed by atoms with Crippen molar-refractivity contribution < 1.29 is 9.94 Å². The fourth-order valence-electron chi connectivity index (χ4n) is 4.57. The van der Waals surface area contributed by atoms with Gasteiger partial charge in [0.15, 0.2) is 18.1 Å². The molecule has 0 atom stereocenters. The Hall–Kier alpha value is -4.82. The normalized spacial score (nSPS) is 11.6. The molecule has 8 heteroatoms. The predicted octanol–water partition coefficient (Wildman–Crippen LogP) is 4.96. The number of benzene rings is 3. The lowest BCUT2D eigenvalue weighted by atomic mass is 9.99. The first-order valence-corrected chi connectivity index (χ1v) is 12.0. The lowest BCUT2D eigenvalue weighted by molar-refractivity contribution is 0.126. The van der Waals surface area contributed by atoms with Crippen molar-refractivity contribution in [1.29, 1.82) is 0 Å². The van der Waals surface area contributed by atoms with E-state index in [1.165, 1.54) is 0 Å². The van der Waals surface area contributed by atoms with Crippen molar-refractivity contribution in [3.63, 3.8) is 0 Å². The second kappa shape index (κ2) is 10.0. The Morgan fingerprint density at radius 3 is 2.22 bits per heavy atom. The van der Waals surface area contributed by atoms with E-state index in [-0.39, 0.29) is 13.2 Å². The Labute approximate surface area is 213 Å². The third kappa shape index (κ3) is 4.34. The van der Waals surface area contributed by atoms with Crippen LogP contribution in [-0.2, 0) is 18.0 Å². The molecule has 0 bridgehead atoms. The molecule has 0 saturated heterocycles. The van der Waals surface area contributed by atoms with Crippen LogP contribution < -0.4 is 0 Å². The molecule has 0 aliphatic carbocycles. The molecule has 1 N–H and O–H groups in total. The molecule has 3 aromatic heterocycles. The number of aliphatic hydroxyl groups is 1. The zero-order chi connectivity index (χ0) is 25.0. The van der Waals surface area contributed by atoms with Gasteiger partial charge in [-0.15, -0.1) is 5.10 Å². The Bertz CT molecular complexity index is 1680. The Kier molecular flexibility index (Phi) is 6.14. The van der Waals surface area contributed by atoms with Crippen molar-refractivity contribution in [1.82, 2.24) is 24.1 Å². The molecule has 8 nitrogen and oxygen atoms in total. The van der Waals surface area contributed by atoms with Crippen LogP contribution in [0.1, 0.15) is 11.4 Å². The summed E-state index contributed by atoms with van der Waals surface area (Å²) < 4.78 is 3.73. The Morgan fingerprint density at radius 2 is 1.51 bits per heavy atom. The molecule has 0 fully saturated rings. The molecule has 0 saturated carbocycles. The van der Waals surface area contributed by atoms with Crippen LogP contribution >= 0.6 is 0 Å². The smallest absolute Gasteiger partial charge is 0.192 e. The van der Waals surface area contributed by atoms with E-state index in [0.717, 1.165) is 39.0 Å². The number of aromatic nitrogens is 5. The van der Waals surface area contributed by atoms with Crippen LogP contribution in [0.3, 0.4) is 0 Å². The van der Waals surface area contributed by atoms with E-state index in [9.17, 15) is 5.11 Å². The Balaban J connectivity index is 1.49. The van der Waals surface area contributed by atoms with Gasteiger partial charge in [-0.3, -0.25) is 0 Å². The number of aliphatic hydroxyl groups excluding tert-OH is 1. The topological polar surface area (TPSA) is 89.8 Å². The molecule has 0 radical (unpaired) electrons. The molecule has 6 aromatic rings. The average Bonchev–Trinajstić information content (AvgIpc) is 3.52. The van der Waals surface area contributed by atoms with Gasteiger partial charge in [-0.25, -0.2) is 14.5 Å². The summed E-state index contributed by atoms with van der Waals surface area (Å²) in [6, 6.07) is 30.1. The number of oxime groups is 1. The second-order valence-corrected chi connectivity index (χ2v) is 8.49. The maximum absolute atomic E-state index is 9.94. The van der Waals surface area contributed by atoms with E-state index in [1.807, 2.05) is 66.7 Å². The van der Waals surface area contributed by atoms with Gasteiger partial charge >= 0.3 is 0 Å². The molecule has 6 rings (SSSR count). The van der Waals surface area contributed by atoms with Gasteiger partial charge in [0.25, 0.3) is 0 Å². The van der Waals surface area contributed by atoms with E-state index in [0.29, 0.717) is 18.0 Å². The largest absolute Gasteiger partial charge is 0.395 e. The minimum atomic E-state index is -0.0180. The minimum absolute atomic E-state index is 0.0180. The number of fused-ring (bicyclic) bond motifs is 3. The van der Waals surface area contributed by atoms with Crippen LogP contribution in [0, 0.1) is 0 Å². The van der Waals surface area contributed by atoms with Crippen LogP contribution in [0.5, 0.6) is 0 Å². The molecule has 3 aromatic carbocycles. The molecule has 37 heavy (non-hydrogen) atoms. The van der Waals surface area contributed by atoms with Gasteiger partial charge in [-0.05, 0) is 16.7 Å². The fraction of sp³-hybridized carbons (Fsp3) is 0.103. The van der Waals surface area contributed by atoms with Gasteiger partial charge in [-0.2, -0.15) is 0 Å². The summed E-state index contributed by atoms with van der Waals surface area (Å²) in [6.45, 7) is 0.501. The van der Waals surface area contributed by atoms with Gasteiger partial charge in [0, 0.05) is 12.1 Å². The molecule has 3 heterocycles. The van der Waals surface area contributed by atoms with Crippen molar-refractivity contribution >= 4 is 22.9 Å². The first kappa shape index (κ1) is 22.6. The van der Waals surface area contributed by atoms with Crippen LogP contribution in [0.4, 0.5) is 0 Å². The summed E-state index contributed by atoms with van der Waals surface area (Å²) in [7, 11) is 0. The predicted molar refractivity (Wildman–Crippen MR) is 143 cm³/mol. The van der Waals surface area contributed by atoms with E-state index in [4.69, 9.17) is 14.8 Å². The van der Waals surface area contributed by atoms with Crippen molar-refractivity contribution in [3.8, 4) is 22.4 Å². The molecule has 182 valence electrons. The first-order valence-electron chi connectivity index (χ1n) is 12.0. The van der Waals surface area contributed by atoms with Crippen LogP contribution in [0.15, 0.2) is 102 Å². The zero-order valence-corrected chi connectivity index (χ0v) is 20.0. The van der Waals surface area contributed by atoms with Crippen LogP contribution in [-0.4, -0.2) is 42.1 Å². The van der Waals surface area contributed by atoms with E-state index in [1.54, 1.807) is 17.1 Å². The van der Waals surface area contributed by atoms with Crippen molar-refractivity contribution in [3.05, 3.63) is 109 Å². The number of rotatable bonds is 8. The van der Waals surface area contributed by atoms with Crippen molar-refractivity contribution in [2.24, 2.45) is 5.16 Å². The summed E-state index contributed by atoms with van der Waals surface area (Å²) in [5.41, 5.74) is 6.39. The summed E-state index contributed by atoms with van der Waals surface area (Å²) in [4.78, 5) is 15.1. The van der Waals surface area contributed by atoms with Gasteiger partial charge in [0.2, 0.25) is 0 Å². The highest BCUT2D eigenvalue weighted by atomic mass is 16.6. The van der Waals surface area contributed by atoms with Crippen molar-refractivity contribution in [2.75, 3.05) is 6.61 Å². The van der Waals surface area contributed by atoms with E-state index < -0.39 is 0 Å². The average molecular weight is 489 g/mol. The second-order valence-electron chi connectivity index (χ2n) is 8.49. The molecule has 0 aliphatic rings. The van der Waals surface area contributed by atoms with Crippen LogP contribution in [0.25, 0.3) is 39.1 Å². The van der Waals surface area contributed by atoms with Gasteiger partial charge in [-0.1, -0.05) is 96.2 Å². The maximum Gasteiger partial charge on any atom is 0.192 e. The summed E-state index contributed by atoms with van der Waals surface area (Å²) >= 11 is 0. The van der Waals surface area contributed by atoms with Gasteiger partial charge in [0.1, 0.15) is 12.0 Å². The molecular formula is C29H24N6O2. The highest BCUT2D eigenvalue weighted by Crippen LogP contribution is 2.41. The highest BCUT2D eigenvalue weighted by molar-refractivity contribution is 6.09. The molecule has 0 spiro atoms.